The van der Waals surface area contributed by atoms with Crippen molar-refractivity contribution in [2.75, 3.05) is 6.54 Å². The molecule has 3 rings (SSSR count). The summed E-state index contributed by atoms with van der Waals surface area (Å²) in [4.78, 5) is 12.6. The largest absolute Gasteiger partial charge is 0.272 e. The first-order chi connectivity index (χ1) is 14.4. The molecule has 154 valence electrons. The Morgan fingerprint density at radius 3 is 2.17 bits per heavy atom. The van der Waals surface area contributed by atoms with E-state index in [2.05, 4.69) is 26.5 Å². The van der Waals surface area contributed by atoms with Crippen LogP contribution in [0.25, 0.3) is 0 Å². The maximum absolute atomic E-state index is 13.1. The van der Waals surface area contributed by atoms with E-state index in [-0.39, 0.29) is 18.0 Å². The standard InChI is InChI=1S/C22H20BrN3O3S/c23-20-13-11-18(12-14-20)15-24-25-22(27)17-26(16-19-7-3-1-4-8-19)30(28,29)21-9-5-2-6-10-21/h1-15H,16-17H2,(H,25,27)/b24-15-. The van der Waals surface area contributed by atoms with Gasteiger partial charge in [-0.15, -0.1) is 0 Å². The fraction of sp³-hybridized carbons (Fsp3) is 0.0909. The lowest BCUT2D eigenvalue weighted by Crippen LogP contribution is -2.39. The maximum Gasteiger partial charge on any atom is 0.255 e. The molecule has 0 saturated heterocycles. The molecule has 8 heteroatoms. The third kappa shape index (κ3) is 6.09. The molecule has 0 heterocycles. The Kier molecular flexibility index (Phi) is 7.51. The second kappa shape index (κ2) is 10.3. The van der Waals surface area contributed by atoms with Crippen molar-refractivity contribution in [3.63, 3.8) is 0 Å². The molecule has 0 unspecified atom stereocenters. The quantitative estimate of drug-likeness (QED) is 0.389. The van der Waals surface area contributed by atoms with Crippen molar-refractivity contribution in [2.45, 2.75) is 11.4 Å². The van der Waals surface area contributed by atoms with Crippen molar-refractivity contribution >= 4 is 38.1 Å². The Morgan fingerprint density at radius 1 is 0.933 bits per heavy atom. The van der Waals surface area contributed by atoms with E-state index >= 15 is 0 Å². The van der Waals surface area contributed by atoms with E-state index in [1.54, 1.807) is 18.2 Å². The van der Waals surface area contributed by atoms with Crippen molar-refractivity contribution in [2.24, 2.45) is 5.10 Å². The number of benzene rings is 3. The van der Waals surface area contributed by atoms with Crippen LogP contribution in [0.3, 0.4) is 0 Å². The number of nitrogens with one attached hydrogen (secondary N) is 1. The highest BCUT2D eigenvalue weighted by Gasteiger charge is 2.26. The molecule has 1 amide bonds. The van der Waals surface area contributed by atoms with Crippen LogP contribution < -0.4 is 5.43 Å². The van der Waals surface area contributed by atoms with Crippen molar-refractivity contribution < 1.29 is 13.2 Å². The lowest BCUT2D eigenvalue weighted by atomic mass is 10.2. The summed E-state index contributed by atoms with van der Waals surface area (Å²) in [5, 5.41) is 3.92. The summed E-state index contributed by atoms with van der Waals surface area (Å²) in [6.07, 6.45) is 1.50. The molecule has 0 fully saturated rings. The third-order valence-electron chi connectivity index (χ3n) is 4.18. The van der Waals surface area contributed by atoms with Gasteiger partial charge in [0.1, 0.15) is 0 Å². The van der Waals surface area contributed by atoms with Gasteiger partial charge in [0.15, 0.2) is 0 Å². The molecule has 0 aromatic heterocycles. The monoisotopic (exact) mass is 485 g/mol. The fourth-order valence-corrected chi connectivity index (χ4v) is 4.35. The van der Waals surface area contributed by atoms with E-state index in [4.69, 9.17) is 0 Å². The van der Waals surface area contributed by atoms with Crippen molar-refractivity contribution in [3.05, 3.63) is 101 Å². The van der Waals surface area contributed by atoms with E-state index in [9.17, 15) is 13.2 Å². The van der Waals surface area contributed by atoms with Gasteiger partial charge in [0.25, 0.3) is 5.91 Å². The van der Waals surface area contributed by atoms with E-state index in [1.165, 1.54) is 18.3 Å². The van der Waals surface area contributed by atoms with Crippen LogP contribution in [-0.2, 0) is 21.4 Å². The van der Waals surface area contributed by atoms with Gasteiger partial charge in [0, 0.05) is 11.0 Å². The summed E-state index contributed by atoms with van der Waals surface area (Å²) < 4.78 is 28.3. The van der Waals surface area contributed by atoms with Crippen LogP contribution in [0, 0.1) is 0 Å². The molecule has 0 aliphatic carbocycles. The summed E-state index contributed by atoms with van der Waals surface area (Å²) in [5.41, 5.74) is 3.98. The van der Waals surface area contributed by atoms with Gasteiger partial charge >= 0.3 is 0 Å². The molecule has 0 atom stereocenters. The maximum atomic E-state index is 13.1. The van der Waals surface area contributed by atoms with Gasteiger partial charge < -0.3 is 0 Å². The van der Waals surface area contributed by atoms with Crippen molar-refractivity contribution in [1.29, 1.82) is 0 Å². The second-order valence-electron chi connectivity index (χ2n) is 6.42. The number of hydrogen-bond donors (Lipinski definition) is 1. The van der Waals surface area contributed by atoms with E-state index < -0.39 is 15.9 Å². The van der Waals surface area contributed by atoms with Gasteiger partial charge in [-0.2, -0.15) is 9.41 Å². The highest BCUT2D eigenvalue weighted by Crippen LogP contribution is 2.18. The number of carbonyl (C=O) groups excluding carboxylic acids is 1. The van der Waals surface area contributed by atoms with Gasteiger partial charge in [0.2, 0.25) is 10.0 Å². The van der Waals surface area contributed by atoms with E-state index in [0.717, 1.165) is 19.9 Å². The average molecular weight is 486 g/mol. The zero-order chi connectivity index (χ0) is 21.4. The molecular formula is C22H20BrN3O3S. The topological polar surface area (TPSA) is 78.8 Å². The van der Waals surface area contributed by atoms with Gasteiger partial charge in [0.05, 0.1) is 17.7 Å². The van der Waals surface area contributed by atoms with Crippen LogP contribution in [0.1, 0.15) is 11.1 Å². The molecule has 3 aromatic carbocycles. The van der Waals surface area contributed by atoms with Gasteiger partial charge in [-0.3, -0.25) is 4.79 Å². The summed E-state index contributed by atoms with van der Waals surface area (Å²) in [5.74, 6) is -0.529. The van der Waals surface area contributed by atoms with Crippen LogP contribution in [0.2, 0.25) is 0 Å². The zero-order valence-corrected chi connectivity index (χ0v) is 18.4. The highest BCUT2D eigenvalue weighted by molar-refractivity contribution is 9.10. The Labute approximate surface area is 184 Å². The molecule has 1 N–H and O–H groups in total. The Bertz CT molecular complexity index is 1100. The van der Waals surface area contributed by atoms with Crippen LogP contribution in [0.5, 0.6) is 0 Å². The number of halogens is 1. The Balaban J connectivity index is 1.74. The van der Waals surface area contributed by atoms with Gasteiger partial charge in [-0.05, 0) is 35.4 Å². The number of rotatable bonds is 8. The SMILES string of the molecule is O=C(CN(Cc1ccccc1)S(=O)(=O)c1ccccc1)N/N=C\c1ccc(Br)cc1. The van der Waals surface area contributed by atoms with Crippen LogP contribution in [0.15, 0.2) is 99.4 Å². The average Bonchev–Trinajstić information content (AvgIpc) is 2.76. The number of hydrazone groups is 1. The molecule has 0 radical (unpaired) electrons. The summed E-state index contributed by atoms with van der Waals surface area (Å²) >= 11 is 3.35. The summed E-state index contributed by atoms with van der Waals surface area (Å²) in [7, 11) is -3.86. The number of sulfonamides is 1. The van der Waals surface area contributed by atoms with Gasteiger partial charge in [-0.1, -0.05) is 76.6 Å². The zero-order valence-electron chi connectivity index (χ0n) is 16.0. The van der Waals surface area contributed by atoms with Crippen molar-refractivity contribution in [1.82, 2.24) is 9.73 Å². The van der Waals surface area contributed by atoms with E-state index in [1.807, 2.05) is 54.6 Å². The molecule has 30 heavy (non-hydrogen) atoms. The summed E-state index contributed by atoms with van der Waals surface area (Å²) in [6.45, 7) is -0.286. The minimum Gasteiger partial charge on any atom is -0.272 e. The lowest BCUT2D eigenvalue weighted by molar-refractivity contribution is -0.121. The highest BCUT2D eigenvalue weighted by atomic mass is 79.9. The van der Waals surface area contributed by atoms with Crippen LogP contribution >= 0.6 is 15.9 Å². The Hall–Kier alpha value is -2.81. The summed E-state index contributed by atoms with van der Waals surface area (Å²) in [6, 6.07) is 24.6. The molecule has 0 spiro atoms. The van der Waals surface area contributed by atoms with Crippen LogP contribution in [0.4, 0.5) is 0 Å². The molecule has 0 aliphatic heterocycles. The molecule has 0 saturated carbocycles. The first-order valence-electron chi connectivity index (χ1n) is 9.12. The number of nitrogens with zero attached hydrogens (tertiary/aromatic N) is 2. The van der Waals surface area contributed by atoms with Gasteiger partial charge in [-0.25, -0.2) is 13.8 Å². The lowest BCUT2D eigenvalue weighted by Gasteiger charge is -2.21. The smallest absolute Gasteiger partial charge is 0.255 e. The number of hydrogen-bond acceptors (Lipinski definition) is 4. The molecule has 0 bridgehead atoms. The molecular weight excluding hydrogens is 466 g/mol. The predicted molar refractivity (Wildman–Crippen MR) is 120 cm³/mol. The third-order valence-corrected chi connectivity index (χ3v) is 6.51. The second-order valence-corrected chi connectivity index (χ2v) is 9.27. The van der Waals surface area contributed by atoms with E-state index in [0.29, 0.717) is 0 Å². The van der Waals surface area contributed by atoms with Crippen LogP contribution in [-0.4, -0.2) is 31.4 Å². The predicted octanol–water partition coefficient (Wildman–Crippen LogP) is 3.79. The molecule has 0 aliphatic rings. The first-order valence-corrected chi connectivity index (χ1v) is 11.3. The first kappa shape index (κ1) is 21.9. The molecule has 6 nitrogen and oxygen atoms in total. The minimum atomic E-state index is -3.86. The number of carbonyl (C=O) groups is 1. The normalized spacial score (nSPS) is 11.7. The van der Waals surface area contributed by atoms with Crippen molar-refractivity contribution in [3.8, 4) is 0 Å². The number of amides is 1. The Morgan fingerprint density at radius 2 is 1.53 bits per heavy atom. The minimum absolute atomic E-state index is 0.0713. The fourth-order valence-electron chi connectivity index (χ4n) is 2.68. The molecule has 3 aromatic rings.